The van der Waals surface area contributed by atoms with E-state index < -0.39 is 41.0 Å². The van der Waals surface area contributed by atoms with Gasteiger partial charge in [0.1, 0.15) is 17.8 Å². The van der Waals surface area contributed by atoms with Crippen LogP contribution in [0.4, 0.5) is 0 Å². The van der Waals surface area contributed by atoms with Crippen molar-refractivity contribution in [3.8, 4) is 0 Å². The van der Waals surface area contributed by atoms with E-state index in [2.05, 4.69) is 0 Å². The van der Waals surface area contributed by atoms with Crippen molar-refractivity contribution < 1.29 is 24.0 Å². The first kappa shape index (κ1) is 12.2. The van der Waals surface area contributed by atoms with E-state index in [1.807, 2.05) is 0 Å². The normalized spacial score (nSPS) is 37.7. The number of ether oxygens (including phenoxy) is 1. The van der Waals surface area contributed by atoms with Gasteiger partial charge in [0.05, 0.1) is 12.2 Å². The number of furan rings is 1. The Morgan fingerprint density at radius 2 is 2.26 bits per heavy atom. The highest BCUT2D eigenvalue weighted by molar-refractivity contribution is 5.75. The smallest absolute Gasteiger partial charge is 0.310 e. The van der Waals surface area contributed by atoms with Crippen LogP contribution in [0.1, 0.15) is 24.5 Å². The predicted molar refractivity (Wildman–Crippen MR) is 60.9 cm³/mol. The van der Waals surface area contributed by atoms with Gasteiger partial charge in [-0.05, 0) is 25.0 Å². The molecule has 1 aromatic rings. The van der Waals surface area contributed by atoms with E-state index in [4.69, 9.17) is 9.15 Å². The SMILES string of the molecule is O=C1OC[C@]2([N+](=O)[O-])[C@H](c3ccco3)[C@H]1CC[C@@H]2O. The average molecular weight is 267 g/mol. The van der Waals surface area contributed by atoms with Gasteiger partial charge in [-0.25, -0.2) is 0 Å². The van der Waals surface area contributed by atoms with Crippen molar-refractivity contribution in [2.45, 2.75) is 30.4 Å². The molecule has 2 aliphatic rings. The molecule has 1 saturated carbocycles. The summed E-state index contributed by atoms with van der Waals surface area (Å²) in [5.41, 5.74) is -1.70. The summed E-state index contributed by atoms with van der Waals surface area (Å²) in [6, 6.07) is 3.22. The quantitative estimate of drug-likeness (QED) is 0.481. The summed E-state index contributed by atoms with van der Waals surface area (Å²) < 4.78 is 10.2. The third kappa shape index (κ3) is 1.51. The maximum atomic E-state index is 11.8. The minimum atomic E-state index is -1.70. The van der Waals surface area contributed by atoms with Crippen LogP contribution in [0.3, 0.4) is 0 Å². The lowest BCUT2D eigenvalue weighted by Gasteiger charge is -2.45. The fourth-order valence-electron chi connectivity index (χ4n) is 3.24. The standard InChI is InChI=1S/C12H13NO6/c14-9-4-3-7-10(8-2-1-5-18-8)12(9,13(16)17)6-19-11(7)15/h1-2,5,7,9-10,14H,3-4,6H2/t7-,9+,10+,12-/m1/s1. The molecule has 0 radical (unpaired) electrons. The molecule has 1 aliphatic heterocycles. The number of aliphatic hydroxyl groups is 1. The molecule has 0 aromatic carbocycles. The molecule has 7 heteroatoms. The molecule has 2 heterocycles. The van der Waals surface area contributed by atoms with E-state index in [0.29, 0.717) is 12.2 Å². The highest BCUT2D eigenvalue weighted by atomic mass is 16.6. The van der Waals surface area contributed by atoms with Gasteiger partial charge >= 0.3 is 5.97 Å². The number of carbonyl (C=O) groups excluding carboxylic acids is 1. The van der Waals surface area contributed by atoms with Gasteiger partial charge in [-0.3, -0.25) is 14.9 Å². The number of cyclic esters (lactones) is 1. The van der Waals surface area contributed by atoms with E-state index in [-0.39, 0.29) is 6.42 Å². The summed E-state index contributed by atoms with van der Waals surface area (Å²) in [5, 5.41) is 21.6. The summed E-state index contributed by atoms with van der Waals surface area (Å²) in [6.45, 7) is -0.415. The molecular formula is C12H13NO6. The van der Waals surface area contributed by atoms with Crippen molar-refractivity contribution in [3.05, 3.63) is 34.3 Å². The van der Waals surface area contributed by atoms with Crippen LogP contribution in [0.5, 0.6) is 0 Å². The third-order valence-electron chi connectivity index (χ3n) is 4.21. The zero-order valence-electron chi connectivity index (χ0n) is 10.0. The van der Waals surface area contributed by atoms with E-state index >= 15 is 0 Å². The van der Waals surface area contributed by atoms with Crippen LogP contribution in [-0.4, -0.2) is 34.2 Å². The molecule has 0 amide bonds. The van der Waals surface area contributed by atoms with Crippen LogP contribution in [0.15, 0.2) is 22.8 Å². The van der Waals surface area contributed by atoms with Gasteiger partial charge in [0, 0.05) is 4.92 Å². The molecule has 1 saturated heterocycles. The molecule has 102 valence electrons. The Hall–Kier alpha value is -1.89. The number of fused-ring (bicyclic) bond motifs is 2. The Morgan fingerprint density at radius 1 is 1.47 bits per heavy atom. The lowest BCUT2D eigenvalue weighted by Crippen LogP contribution is -2.65. The summed E-state index contributed by atoms with van der Waals surface area (Å²) in [4.78, 5) is 22.8. The fourth-order valence-corrected chi connectivity index (χ4v) is 3.24. The van der Waals surface area contributed by atoms with Crippen molar-refractivity contribution in [1.82, 2.24) is 0 Å². The molecule has 3 rings (SSSR count). The van der Waals surface area contributed by atoms with Crippen LogP contribution in [0.2, 0.25) is 0 Å². The molecule has 0 unspecified atom stereocenters. The van der Waals surface area contributed by atoms with E-state index in [1.165, 1.54) is 6.26 Å². The van der Waals surface area contributed by atoms with Crippen molar-refractivity contribution in [3.63, 3.8) is 0 Å². The molecule has 1 aliphatic carbocycles. The molecule has 1 aromatic heterocycles. The molecule has 2 fully saturated rings. The number of carbonyl (C=O) groups is 1. The molecule has 7 nitrogen and oxygen atoms in total. The molecular weight excluding hydrogens is 254 g/mol. The largest absolute Gasteiger partial charge is 0.469 e. The van der Waals surface area contributed by atoms with Crippen molar-refractivity contribution in [1.29, 1.82) is 0 Å². The van der Waals surface area contributed by atoms with E-state index in [0.717, 1.165) is 0 Å². The first-order chi connectivity index (χ1) is 9.07. The zero-order valence-corrected chi connectivity index (χ0v) is 10.0. The van der Waals surface area contributed by atoms with Crippen LogP contribution in [0.25, 0.3) is 0 Å². The lowest BCUT2D eigenvalue weighted by molar-refractivity contribution is -0.599. The van der Waals surface area contributed by atoms with Crippen molar-refractivity contribution >= 4 is 5.97 Å². The first-order valence-corrected chi connectivity index (χ1v) is 6.10. The molecule has 19 heavy (non-hydrogen) atoms. The van der Waals surface area contributed by atoms with Gasteiger partial charge in [-0.1, -0.05) is 0 Å². The first-order valence-electron chi connectivity index (χ1n) is 6.10. The number of hydrogen-bond acceptors (Lipinski definition) is 6. The average Bonchev–Trinajstić information content (AvgIpc) is 2.89. The van der Waals surface area contributed by atoms with Gasteiger partial charge in [-0.15, -0.1) is 0 Å². The summed E-state index contributed by atoms with van der Waals surface area (Å²) in [6.07, 6.45) is 0.839. The highest BCUT2D eigenvalue weighted by Gasteiger charge is 2.67. The van der Waals surface area contributed by atoms with Gasteiger partial charge in [-0.2, -0.15) is 0 Å². The summed E-state index contributed by atoms with van der Waals surface area (Å²) in [5.74, 6) is -1.50. The second kappa shape index (κ2) is 4.06. The molecule has 2 bridgehead atoms. The second-order valence-corrected chi connectivity index (χ2v) is 5.05. The number of aliphatic hydroxyl groups excluding tert-OH is 1. The zero-order chi connectivity index (χ0) is 13.6. The minimum Gasteiger partial charge on any atom is -0.469 e. The predicted octanol–water partition coefficient (Wildman–Crippen LogP) is 0.706. The van der Waals surface area contributed by atoms with E-state index in [9.17, 15) is 20.0 Å². The Morgan fingerprint density at radius 3 is 2.89 bits per heavy atom. The van der Waals surface area contributed by atoms with Gasteiger partial charge < -0.3 is 14.3 Å². The number of nitro groups is 1. The molecule has 4 atom stereocenters. The van der Waals surface area contributed by atoms with Gasteiger partial charge in [0.25, 0.3) is 5.54 Å². The summed E-state index contributed by atoms with van der Waals surface area (Å²) >= 11 is 0. The van der Waals surface area contributed by atoms with Crippen LogP contribution in [0, 0.1) is 16.0 Å². The van der Waals surface area contributed by atoms with E-state index in [1.54, 1.807) is 12.1 Å². The maximum Gasteiger partial charge on any atom is 0.310 e. The fraction of sp³-hybridized carbons (Fsp3) is 0.583. The number of nitrogens with zero attached hydrogens (tertiary/aromatic N) is 1. The second-order valence-electron chi connectivity index (χ2n) is 5.05. The number of rotatable bonds is 2. The Kier molecular flexibility index (Phi) is 2.60. The summed E-state index contributed by atoms with van der Waals surface area (Å²) in [7, 11) is 0. The minimum absolute atomic E-state index is 0.220. The molecule has 0 spiro atoms. The molecule has 1 N–H and O–H groups in total. The number of hydrogen-bond donors (Lipinski definition) is 1. The van der Waals surface area contributed by atoms with Crippen LogP contribution in [-0.2, 0) is 9.53 Å². The number of esters is 1. The Bertz CT molecular complexity index is 512. The van der Waals surface area contributed by atoms with Crippen molar-refractivity contribution in [2.24, 2.45) is 5.92 Å². The highest BCUT2D eigenvalue weighted by Crippen LogP contribution is 2.50. The monoisotopic (exact) mass is 267 g/mol. The van der Waals surface area contributed by atoms with Crippen LogP contribution < -0.4 is 0 Å². The lowest BCUT2D eigenvalue weighted by atomic mass is 9.63. The Labute approximate surface area is 108 Å². The third-order valence-corrected chi connectivity index (χ3v) is 4.21. The van der Waals surface area contributed by atoms with Gasteiger partial charge in [0.15, 0.2) is 6.61 Å². The maximum absolute atomic E-state index is 11.8. The van der Waals surface area contributed by atoms with Crippen LogP contribution >= 0.6 is 0 Å². The van der Waals surface area contributed by atoms with Crippen molar-refractivity contribution in [2.75, 3.05) is 6.61 Å². The topological polar surface area (TPSA) is 103 Å². The van der Waals surface area contributed by atoms with Gasteiger partial charge in [0.2, 0.25) is 0 Å². The Balaban J connectivity index is 2.14.